The third kappa shape index (κ3) is 2.88. The van der Waals surface area contributed by atoms with Gasteiger partial charge in [-0.15, -0.1) is 0 Å². The lowest BCUT2D eigenvalue weighted by Gasteiger charge is -2.07. The predicted octanol–water partition coefficient (Wildman–Crippen LogP) is 3.71. The Kier molecular flexibility index (Phi) is 3.73. The van der Waals surface area contributed by atoms with Crippen molar-refractivity contribution < 1.29 is 4.92 Å². The Labute approximate surface area is 133 Å². The van der Waals surface area contributed by atoms with Crippen LogP contribution >= 0.6 is 0 Å². The summed E-state index contributed by atoms with van der Waals surface area (Å²) < 4.78 is 2.06. The second kappa shape index (κ2) is 5.72. The Bertz CT molecular complexity index is 899. The number of fused-ring (bicyclic) bond motifs is 1. The molecular weight excluding hydrogens is 292 g/mol. The summed E-state index contributed by atoms with van der Waals surface area (Å²) in [5.74, 6) is 0.918. The van der Waals surface area contributed by atoms with E-state index in [2.05, 4.69) is 33.1 Å². The van der Waals surface area contributed by atoms with Gasteiger partial charge in [0.15, 0.2) is 0 Å². The fraction of sp³-hybridized carbons (Fsp3) is 0.235. The number of hydrogen-bond acceptors (Lipinski definition) is 4. The van der Waals surface area contributed by atoms with E-state index in [1.807, 2.05) is 14.0 Å². The van der Waals surface area contributed by atoms with Crippen LogP contribution in [0.4, 0.5) is 11.4 Å². The number of nitro benzene ring substituents is 1. The molecule has 3 rings (SSSR count). The molecule has 0 aliphatic rings. The number of nitrogens with one attached hydrogen (secondary N) is 1. The molecule has 0 aliphatic carbocycles. The second-order valence-corrected chi connectivity index (χ2v) is 5.69. The fourth-order valence-electron chi connectivity index (χ4n) is 2.67. The molecular formula is C17H18N4O2. The molecule has 23 heavy (non-hydrogen) atoms. The van der Waals surface area contributed by atoms with Crippen LogP contribution in [0, 0.1) is 24.0 Å². The minimum Gasteiger partial charge on any atom is -0.378 e. The summed E-state index contributed by atoms with van der Waals surface area (Å²) in [7, 11) is 1.99. The van der Waals surface area contributed by atoms with Gasteiger partial charge in [-0.3, -0.25) is 10.1 Å². The van der Waals surface area contributed by atoms with Gasteiger partial charge in [0, 0.05) is 24.4 Å². The molecule has 0 spiro atoms. The number of anilines is 1. The highest BCUT2D eigenvalue weighted by molar-refractivity contribution is 5.76. The van der Waals surface area contributed by atoms with Crippen molar-refractivity contribution in [2.24, 2.45) is 7.05 Å². The molecule has 0 fully saturated rings. The van der Waals surface area contributed by atoms with Crippen LogP contribution in [-0.4, -0.2) is 14.5 Å². The third-order valence-electron chi connectivity index (χ3n) is 3.97. The molecule has 0 amide bonds. The number of rotatable bonds is 4. The van der Waals surface area contributed by atoms with Crippen molar-refractivity contribution in [2.75, 3.05) is 5.32 Å². The maximum Gasteiger partial charge on any atom is 0.272 e. The maximum absolute atomic E-state index is 10.9. The van der Waals surface area contributed by atoms with Crippen molar-refractivity contribution in [3.8, 4) is 0 Å². The molecule has 1 N–H and O–H groups in total. The quantitative estimate of drug-likeness (QED) is 0.589. The minimum absolute atomic E-state index is 0.133. The van der Waals surface area contributed by atoms with Crippen LogP contribution in [0.1, 0.15) is 17.0 Å². The normalized spacial score (nSPS) is 10.9. The molecule has 0 saturated carbocycles. The molecule has 3 aromatic rings. The highest BCUT2D eigenvalue weighted by atomic mass is 16.6. The van der Waals surface area contributed by atoms with E-state index in [0.29, 0.717) is 12.1 Å². The average molecular weight is 310 g/mol. The number of aryl methyl sites for hydroxylation is 3. The van der Waals surface area contributed by atoms with Gasteiger partial charge in [0.1, 0.15) is 5.82 Å². The molecule has 0 atom stereocenters. The van der Waals surface area contributed by atoms with Gasteiger partial charge in [0.25, 0.3) is 5.69 Å². The van der Waals surface area contributed by atoms with Gasteiger partial charge >= 0.3 is 0 Å². The van der Waals surface area contributed by atoms with Crippen LogP contribution in [-0.2, 0) is 13.6 Å². The lowest BCUT2D eigenvalue weighted by atomic mass is 10.2. The first kappa shape index (κ1) is 15.0. The van der Waals surface area contributed by atoms with Crippen molar-refractivity contribution >= 4 is 22.4 Å². The van der Waals surface area contributed by atoms with E-state index in [1.165, 1.54) is 11.6 Å². The minimum atomic E-state index is -0.368. The van der Waals surface area contributed by atoms with Crippen molar-refractivity contribution in [1.29, 1.82) is 0 Å². The van der Waals surface area contributed by atoms with Crippen molar-refractivity contribution in [2.45, 2.75) is 20.4 Å². The molecule has 2 aromatic carbocycles. The Morgan fingerprint density at radius 3 is 2.70 bits per heavy atom. The van der Waals surface area contributed by atoms with E-state index < -0.39 is 0 Å². The number of benzene rings is 2. The van der Waals surface area contributed by atoms with E-state index >= 15 is 0 Å². The first-order valence-electron chi connectivity index (χ1n) is 7.36. The van der Waals surface area contributed by atoms with Gasteiger partial charge in [0.2, 0.25) is 0 Å². The maximum atomic E-state index is 10.9. The summed E-state index contributed by atoms with van der Waals surface area (Å²) in [5, 5.41) is 14.1. The summed E-state index contributed by atoms with van der Waals surface area (Å²) in [6, 6.07) is 11.2. The van der Waals surface area contributed by atoms with Crippen LogP contribution in [0.2, 0.25) is 0 Å². The summed E-state index contributed by atoms with van der Waals surface area (Å²) >= 11 is 0. The van der Waals surface area contributed by atoms with Crippen molar-refractivity contribution in [3.05, 3.63) is 63.5 Å². The van der Waals surface area contributed by atoms with Gasteiger partial charge in [-0.05, 0) is 43.7 Å². The largest absolute Gasteiger partial charge is 0.378 e. The Hall–Kier alpha value is -2.89. The SMILES string of the molecule is Cc1ccc2c(c1)nc(CNc1ccc([N+](=O)[O-])c(C)c1)n2C. The molecule has 1 aromatic heterocycles. The standard InChI is InChI=1S/C17H18N4O2/c1-11-4-6-16-14(8-11)19-17(20(16)3)10-18-13-5-7-15(21(22)23)12(2)9-13/h4-9,18H,10H2,1-3H3. The van der Waals surface area contributed by atoms with Gasteiger partial charge in [-0.2, -0.15) is 0 Å². The number of aromatic nitrogens is 2. The fourth-order valence-corrected chi connectivity index (χ4v) is 2.67. The van der Waals surface area contributed by atoms with Crippen LogP contribution in [0.25, 0.3) is 11.0 Å². The lowest BCUT2D eigenvalue weighted by Crippen LogP contribution is -2.06. The second-order valence-electron chi connectivity index (χ2n) is 5.69. The first-order valence-corrected chi connectivity index (χ1v) is 7.36. The first-order chi connectivity index (χ1) is 11.0. The predicted molar refractivity (Wildman–Crippen MR) is 90.6 cm³/mol. The topological polar surface area (TPSA) is 73.0 Å². The number of imidazole rings is 1. The van der Waals surface area contributed by atoms with Crippen LogP contribution in [0.15, 0.2) is 36.4 Å². The zero-order chi connectivity index (χ0) is 16.6. The van der Waals surface area contributed by atoms with E-state index in [9.17, 15) is 10.1 Å². The average Bonchev–Trinajstić information content (AvgIpc) is 2.80. The molecule has 0 saturated heterocycles. The Morgan fingerprint density at radius 2 is 2.00 bits per heavy atom. The summed E-state index contributed by atoms with van der Waals surface area (Å²) in [6.45, 7) is 4.34. The van der Waals surface area contributed by atoms with E-state index in [1.54, 1.807) is 19.1 Å². The zero-order valence-electron chi connectivity index (χ0n) is 13.3. The van der Waals surface area contributed by atoms with Crippen LogP contribution in [0.5, 0.6) is 0 Å². The smallest absolute Gasteiger partial charge is 0.272 e. The van der Waals surface area contributed by atoms with Crippen LogP contribution < -0.4 is 5.32 Å². The molecule has 6 nitrogen and oxygen atoms in total. The third-order valence-corrected chi connectivity index (χ3v) is 3.97. The highest BCUT2D eigenvalue weighted by Gasteiger charge is 2.11. The van der Waals surface area contributed by atoms with Gasteiger partial charge < -0.3 is 9.88 Å². The number of nitrogens with zero attached hydrogens (tertiary/aromatic N) is 3. The van der Waals surface area contributed by atoms with Gasteiger partial charge in [-0.1, -0.05) is 6.07 Å². The molecule has 0 aliphatic heterocycles. The zero-order valence-corrected chi connectivity index (χ0v) is 13.3. The van der Waals surface area contributed by atoms with E-state index in [0.717, 1.165) is 22.5 Å². The van der Waals surface area contributed by atoms with Gasteiger partial charge in [-0.25, -0.2) is 4.98 Å². The summed E-state index contributed by atoms with van der Waals surface area (Å²) in [6.07, 6.45) is 0. The van der Waals surface area contributed by atoms with Gasteiger partial charge in [0.05, 0.1) is 22.5 Å². The number of nitro groups is 1. The monoisotopic (exact) mass is 310 g/mol. The van der Waals surface area contributed by atoms with Crippen molar-refractivity contribution in [3.63, 3.8) is 0 Å². The Balaban J connectivity index is 1.82. The van der Waals surface area contributed by atoms with Crippen LogP contribution in [0.3, 0.4) is 0 Å². The van der Waals surface area contributed by atoms with E-state index in [4.69, 9.17) is 0 Å². The van der Waals surface area contributed by atoms with E-state index in [-0.39, 0.29) is 10.6 Å². The summed E-state index contributed by atoms with van der Waals surface area (Å²) in [4.78, 5) is 15.1. The molecule has 6 heteroatoms. The molecule has 0 unspecified atom stereocenters. The molecule has 118 valence electrons. The summed E-state index contributed by atoms with van der Waals surface area (Å²) in [5.41, 5.74) is 4.86. The lowest BCUT2D eigenvalue weighted by molar-refractivity contribution is -0.385. The molecule has 0 radical (unpaired) electrons. The van der Waals surface area contributed by atoms with Crippen molar-refractivity contribution in [1.82, 2.24) is 9.55 Å². The highest BCUT2D eigenvalue weighted by Crippen LogP contribution is 2.22. The molecule has 0 bridgehead atoms. The Morgan fingerprint density at radius 1 is 1.22 bits per heavy atom. The molecule has 1 heterocycles. The number of hydrogen-bond donors (Lipinski definition) is 1.